The Morgan fingerprint density at radius 1 is 1.22 bits per heavy atom. The van der Waals surface area contributed by atoms with Crippen LogP contribution in [0.5, 0.6) is 0 Å². The minimum Gasteiger partial charge on any atom is -0.316 e. The Morgan fingerprint density at radius 3 is 2.74 bits per heavy atom. The topological polar surface area (TPSA) is 81.0 Å². The van der Waals surface area contributed by atoms with Crippen LogP contribution < -0.4 is 5.32 Å². The molecule has 1 aromatic carbocycles. The van der Waals surface area contributed by atoms with Gasteiger partial charge in [0.05, 0.1) is 10.6 Å². The fourth-order valence-corrected chi connectivity index (χ4v) is 2.85. The lowest BCUT2D eigenvalue weighted by molar-refractivity contribution is -0.384. The molecule has 0 saturated heterocycles. The highest BCUT2D eigenvalue weighted by Gasteiger charge is 2.10. The van der Waals surface area contributed by atoms with Crippen LogP contribution in [0.1, 0.15) is 10.4 Å². The van der Waals surface area contributed by atoms with Gasteiger partial charge in [0.1, 0.15) is 5.82 Å². The smallest absolute Gasteiger partial charge is 0.270 e. The van der Waals surface area contributed by atoms with E-state index in [2.05, 4.69) is 15.3 Å². The monoisotopic (exact) mass is 326 g/mol. The van der Waals surface area contributed by atoms with Crippen molar-refractivity contribution in [1.29, 1.82) is 0 Å². The second kappa shape index (κ2) is 6.13. The summed E-state index contributed by atoms with van der Waals surface area (Å²) in [5, 5.41) is 14.9. The molecular formula is C16H14N4O2S. The molecule has 0 bridgehead atoms. The SMILES string of the molecule is Cc1cc(Nc2ncc(C)s2)nc(-c2cccc([N+](=O)[O-])c2)c1. The Hall–Kier alpha value is -2.80. The fraction of sp³-hybridized carbons (Fsp3) is 0.125. The van der Waals surface area contributed by atoms with Crippen LogP contribution in [-0.2, 0) is 0 Å². The number of anilines is 2. The Kier molecular flexibility index (Phi) is 4.03. The number of hydrogen-bond acceptors (Lipinski definition) is 6. The normalized spacial score (nSPS) is 10.5. The van der Waals surface area contributed by atoms with Gasteiger partial charge in [-0.3, -0.25) is 10.1 Å². The standard InChI is InChI=1S/C16H14N4O2S/c1-10-6-14(12-4-3-5-13(8-12)20(21)22)18-15(7-10)19-16-17-9-11(2)23-16/h3-9H,1-2H3,(H,17,18,19). The van der Waals surface area contributed by atoms with Gasteiger partial charge >= 0.3 is 0 Å². The number of nitro groups is 1. The molecule has 6 nitrogen and oxygen atoms in total. The molecular weight excluding hydrogens is 312 g/mol. The molecule has 0 saturated carbocycles. The first kappa shape index (κ1) is 15.1. The first-order chi connectivity index (χ1) is 11.0. The molecule has 3 rings (SSSR count). The van der Waals surface area contributed by atoms with Crippen molar-refractivity contribution in [3.63, 3.8) is 0 Å². The third kappa shape index (κ3) is 3.51. The number of non-ortho nitro benzene ring substituents is 1. The predicted molar refractivity (Wildman–Crippen MR) is 91.2 cm³/mol. The van der Waals surface area contributed by atoms with Crippen molar-refractivity contribution in [2.24, 2.45) is 0 Å². The maximum Gasteiger partial charge on any atom is 0.270 e. The van der Waals surface area contributed by atoms with Gasteiger partial charge in [-0.05, 0) is 31.5 Å². The molecule has 0 atom stereocenters. The lowest BCUT2D eigenvalue weighted by atomic mass is 10.1. The molecule has 3 aromatic rings. The van der Waals surface area contributed by atoms with E-state index in [4.69, 9.17) is 0 Å². The van der Waals surface area contributed by atoms with Gasteiger partial charge in [0.2, 0.25) is 0 Å². The van der Waals surface area contributed by atoms with Gasteiger partial charge in [-0.15, -0.1) is 11.3 Å². The van der Waals surface area contributed by atoms with Gasteiger partial charge in [0, 0.05) is 28.8 Å². The van der Waals surface area contributed by atoms with Crippen LogP contribution >= 0.6 is 11.3 Å². The Balaban J connectivity index is 1.97. The summed E-state index contributed by atoms with van der Waals surface area (Å²) in [5.74, 6) is 0.667. The highest BCUT2D eigenvalue weighted by molar-refractivity contribution is 7.15. The van der Waals surface area contributed by atoms with E-state index in [-0.39, 0.29) is 5.69 Å². The van der Waals surface area contributed by atoms with E-state index >= 15 is 0 Å². The molecule has 0 aliphatic heterocycles. The molecule has 0 aliphatic rings. The lowest BCUT2D eigenvalue weighted by Gasteiger charge is -2.07. The largest absolute Gasteiger partial charge is 0.316 e. The number of rotatable bonds is 4. The van der Waals surface area contributed by atoms with Crippen molar-refractivity contribution in [1.82, 2.24) is 9.97 Å². The summed E-state index contributed by atoms with van der Waals surface area (Å²) in [6.07, 6.45) is 1.80. The van der Waals surface area contributed by atoms with E-state index in [0.717, 1.165) is 15.6 Å². The van der Waals surface area contributed by atoms with Crippen LogP contribution in [0, 0.1) is 24.0 Å². The summed E-state index contributed by atoms with van der Waals surface area (Å²) in [6.45, 7) is 3.95. The molecule has 7 heteroatoms. The van der Waals surface area contributed by atoms with E-state index < -0.39 is 4.92 Å². The van der Waals surface area contributed by atoms with E-state index in [1.807, 2.05) is 32.0 Å². The summed E-state index contributed by atoms with van der Waals surface area (Å²) in [4.78, 5) is 20.4. The van der Waals surface area contributed by atoms with E-state index in [9.17, 15) is 10.1 Å². The highest BCUT2D eigenvalue weighted by Crippen LogP contribution is 2.27. The second-order valence-electron chi connectivity index (χ2n) is 5.12. The van der Waals surface area contributed by atoms with Crippen LogP contribution in [0.2, 0.25) is 0 Å². The van der Waals surface area contributed by atoms with E-state index in [1.165, 1.54) is 12.1 Å². The molecule has 0 aliphatic carbocycles. The molecule has 0 fully saturated rings. The Morgan fingerprint density at radius 2 is 2.04 bits per heavy atom. The zero-order chi connectivity index (χ0) is 16.4. The van der Waals surface area contributed by atoms with Crippen LogP contribution in [0.4, 0.5) is 16.6 Å². The maximum absolute atomic E-state index is 10.9. The summed E-state index contributed by atoms with van der Waals surface area (Å²) in [7, 11) is 0. The van der Waals surface area contributed by atoms with Crippen LogP contribution in [0.15, 0.2) is 42.6 Å². The van der Waals surface area contributed by atoms with E-state index in [0.29, 0.717) is 17.1 Å². The van der Waals surface area contributed by atoms with Crippen molar-refractivity contribution >= 4 is 28.0 Å². The number of aromatic nitrogens is 2. The van der Waals surface area contributed by atoms with Crippen molar-refractivity contribution in [3.8, 4) is 11.3 Å². The number of benzene rings is 1. The average Bonchev–Trinajstić information content (AvgIpc) is 2.92. The minimum atomic E-state index is -0.406. The van der Waals surface area contributed by atoms with Gasteiger partial charge in [-0.25, -0.2) is 9.97 Å². The zero-order valence-corrected chi connectivity index (χ0v) is 13.4. The maximum atomic E-state index is 10.9. The third-order valence-corrected chi connectivity index (χ3v) is 4.01. The zero-order valence-electron chi connectivity index (χ0n) is 12.6. The van der Waals surface area contributed by atoms with E-state index in [1.54, 1.807) is 23.6 Å². The van der Waals surface area contributed by atoms with Gasteiger partial charge < -0.3 is 5.32 Å². The van der Waals surface area contributed by atoms with Crippen molar-refractivity contribution in [2.75, 3.05) is 5.32 Å². The molecule has 2 heterocycles. The molecule has 0 unspecified atom stereocenters. The molecule has 0 spiro atoms. The third-order valence-electron chi connectivity index (χ3n) is 3.18. The predicted octanol–water partition coefficient (Wildman–Crippen LogP) is 4.47. The quantitative estimate of drug-likeness (QED) is 0.565. The van der Waals surface area contributed by atoms with Crippen molar-refractivity contribution in [3.05, 3.63) is 63.1 Å². The van der Waals surface area contributed by atoms with Crippen LogP contribution in [0.25, 0.3) is 11.3 Å². The van der Waals surface area contributed by atoms with Crippen LogP contribution in [0.3, 0.4) is 0 Å². The molecule has 23 heavy (non-hydrogen) atoms. The van der Waals surface area contributed by atoms with Gasteiger partial charge in [0.15, 0.2) is 5.13 Å². The Bertz CT molecular complexity index is 876. The van der Waals surface area contributed by atoms with Crippen LogP contribution in [-0.4, -0.2) is 14.9 Å². The number of nitro benzene ring substituents is 1. The van der Waals surface area contributed by atoms with Gasteiger partial charge in [0.25, 0.3) is 5.69 Å². The lowest BCUT2D eigenvalue weighted by Crippen LogP contribution is -1.96. The first-order valence-corrected chi connectivity index (χ1v) is 7.76. The molecule has 1 N–H and O–H groups in total. The molecule has 0 radical (unpaired) electrons. The summed E-state index contributed by atoms with van der Waals surface area (Å²) in [5.41, 5.74) is 2.46. The second-order valence-corrected chi connectivity index (χ2v) is 6.36. The molecule has 2 aromatic heterocycles. The number of aryl methyl sites for hydroxylation is 2. The molecule has 116 valence electrons. The minimum absolute atomic E-state index is 0.0517. The highest BCUT2D eigenvalue weighted by atomic mass is 32.1. The fourth-order valence-electron chi connectivity index (χ4n) is 2.18. The van der Waals surface area contributed by atoms with Gasteiger partial charge in [-0.2, -0.15) is 0 Å². The average molecular weight is 326 g/mol. The first-order valence-electron chi connectivity index (χ1n) is 6.94. The van der Waals surface area contributed by atoms with Crippen molar-refractivity contribution in [2.45, 2.75) is 13.8 Å². The summed E-state index contributed by atoms with van der Waals surface area (Å²) >= 11 is 1.54. The summed E-state index contributed by atoms with van der Waals surface area (Å²) < 4.78 is 0. The van der Waals surface area contributed by atoms with Crippen molar-refractivity contribution < 1.29 is 4.92 Å². The summed E-state index contributed by atoms with van der Waals surface area (Å²) in [6, 6.07) is 10.3. The number of thiazole rings is 1. The number of nitrogens with one attached hydrogen (secondary N) is 1. The molecule has 0 amide bonds. The number of pyridine rings is 1. The number of nitrogens with zero attached hydrogens (tertiary/aromatic N) is 3. The number of hydrogen-bond donors (Lipinski definition) is 1. The Labute approximate surface area is 137 Å². The van der Waals surface area contributed by atoms with Gasteiger partial charge in [-0.1, -0.05) is 12.1 Å².